The van der Waals surface area contributed by atoms with Gasteiger partial charge in [-0.3, -0.25) is 0 Å². The summed E-state index contributed by atoms with van der Waals surface area (Å²) < 4.78 is 39.7. The molecule has 7 heteroatoms. The molecular formula is C13H12BrF3N2S. The summed E-state index contributed by atoms with van der Waals surface area (Å²) in [5.74, 6) is 0. The number of nitrogens with one attached hydrogen (secondary N) is 1. The van der Waals surface area contributed by atoms with Crippen LogP contribution in [-0.4, -0.2) is 12.0 Å². The molecule has 0 bridgehead atoms. The number of rotatable bonds is 3. The number of aryl methyl sites for hydroxylation is 1. The lowest BCUT2D eigenvalue weighted by Gasteiger charge is -2.11. The third-order valence-electron chi connectivity index (χ3n) is 2.75. The molecule has 0 spiro atoms. The minimum absolute atomic E-state index is 0.121. The number of aromatic nitrogens is 1. The average Bonchev–Trinajstić information content (AvgIpc) is 2.70. The van der Waals surface area contributed by atoms with Gasteiger partial charge in [0.2, 0.25) is 0 Å². The van der Waals surface area contributed by atoms with Gasteiger partial charge in [-0.05, 0) is 26.1 Å². The highest BCUT2D eigenvalue weighted by atomic mass is 79.9. The van der Waals surface area contributed by atoms with E-state index in [9.17, 15) is 13.2 Å². The summed E-state index contributed by atoms with van der Waals surface area (Å²) in [6, 6.07) is 4.14. The molecule has 1 aromatic carbocycles. The number of benzene rings is 1. The van der Waals surface area contributed by atoms with Crippen molar-refractivity contribution in [3.05, 3.63) is 38.8 Å². The molecule has 0 aliphatic rings. The Kier molecular flexibility index (Phi) is 4.51. The molecule has 1 aromatic heterocycles. The van der Waals surface area contributed by atoms with Gasteiger partial charge in [-0.1, -0.05) is 22.0 Å². The maximum atomic E-state index is 13.1. The second-order valence-corrected chi connectivity index (χ2v) is 6.24. The SMILES string of the molecule is CNCc1sc(-c2ccc(Br)cc2C(F)(F)F)nc1C. The van der Waals surface area contributed by atoms with E-state index >= 15 is 0 Å². The van der Waals surface area contributed by atoms with Crippen molar-refractivity contribution in [2.45, 2.75) is 19.6 Å². The van der Waals surface area contributed by atoms with Crippen molar-refractivity contribution in [1.82, 2.24) is 10.3 Å². The molecule has 1 heterocycles. The molecule has 1 N–H and O–H groups in total. The summed E-state index contributed by atoms with van der Waals surface area (Å²) in [6.07, 6.45) is -4.40. The van der Waals surface area contributed by atoms with Crippen LogP contribution in [0.4, 0.5) is 13.2 Å². The lowest BCUT2D eigenvalue weighted by atomic mass is 10.1. The molecule has 0 atom stereocenters. The van der Waals surface area contributed by atoms with Crippen LogP contribution in [-0.2, 0) is 12.7 Å². The zero-order valence-corrected chi connectivity index (χ0v) is 13.2. The highest BCUT2D eigenvalue weighted by molar-refractivity contribution is 9.10. The van der Waals surface area contributed by atoms with E-state index in [0.717, 1.165) is 16.6 Å². The largest absolute Gasteiger partial charge is 0.417 e. The topological polar surface area (TPSA) is 24.9 Å². The van der Waals surface area contributed by atoms with E-state index in [4.69, 9.17) is 0 Å². The Morgan fingerprint density at radius 1 is 1.35 bits per heavy atom. The van der Waals surface area contributed by atoms with Crippen molar-refractivity contribution in [2.75, 3.05) is 7.05 Å². The van der Waals surface area contributed by atoms with E-state index in [0.29, 0.717) is 16.0 Å². The van der Waals surface area contributed by atoms with Crippen LogP contribution in [0.5, 0.6) is 0 Å². The van der Waals surface area contributed by atoms with Gasteiger partial charge in [0.1, 0.15) is 5.01 Å². The van der Waals surface area contributed by atoms with Crippen LogP contribution in [0.25, 0.3) is 10.6 Å². The van der Waals surface area contributed by atoms with Gasteiger partial charge < -0.3 is 5.32 Å². The van der Waals surface area contributed by atoms with Crippen LogP contribution in [0.3, 0.4) is 0 Å². The van der Waals surface area contributed by atoms with Crippen molar-refractivity contribution in [1.29, 1.82) is 0 Å². The zero-order valence-electron chi connectivity index (χ0n) is 10.8. The summed E-state index contributed by atoms with van der Waals surface area (Å²) in [7, 11) is 1.79. The molecule has 2 aromatic rings. The molecule has 2 rings (SSSR count). The molecule has 0 aliphatic heterocycles. The second-order valence-electron chi connectivity index (χ2n) is 4.25. The van der Waals surface area contributed by atoms with E-state index < -0.39 is 11.7 Å². The van der Waals surface area contributed by atoms with Gasteiger partial charge in [-0.25, -0.2) is 4.98 Å². The first kappa shape index (κ1) is 15.5. The van der Waals surface area contributed by atoms with E-state index in [1.807, 2.05) is 0 Å². The van der Waals surface area contributed by atoms with Crippen LogP contribution in [0.1, 0.15) is 16.1 Å². The summed E-state index contributed by atoms with van der Waals surface area (Å²) in [5.41, 5.74) is 0.211. The van der Waals surface area contributed by atoms with Gasteiger partial charge in [-0.15, -0.1) is 11.3 Å². The molecule has 2 nitrogen and oxygen atoms in total. The molecule has 0 aliphatic carbocycles. The van der Waals surface area contributed by atoms with E-state index in [2.05, 4.69) is 26.2 Å². The number of halogens is 4. The van der Waals surface area contributed by atoms with Gasteiger partial charge in [0.25, 0.3) is 0 Å². The van der Waals surface area contributed by atoms with Crippen molar-refractivity contribution >= 4 is 27.3 Å². The molecule has 0 saturated carbocycles. The number of hydrogen-bond acceptors (Lipinski definition) is 3. The quantitative estimate of drug-likeness (QED) is 0.859. The lowest BCUT2D eigenvalue weighted by molar-refractivity contribution is -0.137. The van der Waals surface area contributed by atoms with Crippen molar-refractivity contribution in [3.8, 4) is 10.6 Å². The first-order valence-electron chi connectivity index (χ1n) is 5.81. The van der Waals surface area contributed by atoms with Crippen molar-refractivity contribution in [3.63, 3.8) is 0 Å². The number of alkyl halides is 3. The predicted molar refractivity (Wildman–Crippen MR) is 77.8 cm³/mol. The molecular weight excluding hydrogens is 353 g/mol. The summed E-state index contributed by atoms with van der Waals surface area (Å²) in [6.45, 7) is 2.40. The molecule has 0 fully saturated rings. The monoisotopic (exact) mass is 364 g/mol. The Labute approximate surface area is 127 Å². The smallest absolute Gasteiger partial charge is 0.315 e. The normalized spacial score (nSPS) is 11.9. The maximum absolute atomic E-state index is 13.1. The molecule has 0 radical (unpaired) electrons. The van der Waals surface area contributed by atoms with Gasteiger partial charge in [0.05, 0.1) is 11.3 Å². The van der Waals surface area contributed by atoms with Gasteiger partial charge in [0.15, 0.2) is 0 Å². The van der Waals surface area contributed by atoms with Crippen LogP contribution in [0.15, 0.2) is 22.7 Å². The molecule has 20 heavy (non-hydrogen) atoms. The number of hydrogen-bond donors (Lipinski definition) is 1. The van der Waals surface area contributed by atoms with Crippen LogP contribution < -0.4 is 5.32 Å². The Bertz CT molecular complexity index is 623. The number of thiazole rings is 1. The molecule has 0 amide bonds. The third kappa shape index (κ3) is 3.21. The average molecular weight is 365 g/mol. The summed E-state index contributed by atoms with van der Waals surface area (Å²) in [5, 5.41) is 3.38. The zero-order chi connectivity index (χ0) is 14.9. The van der Waals surface area contributed by atoms with Crippen LogP contribution in [0.2, 0.25) is 0 Å². The van der Waals surface area contributed by atoms with Gasteiger partial charge in [0, 0.05) is 21.5 Å². The predicted octanol–water partition coefficient (Wildman–Crippen LogP) is 4.62. The second kappa shape index (κ2) is 5.83. The Hall–Kier alpha value is -0.920. The number of nitrogens with zero attached hydrogens (tertiary/aromatic N) is 1. The van der Waals surface area contributed by atoms with E-state index in [-0.39, 0.29) is 5.56 Å². The molecule has 0 unspecified atom stereocenters. The first-order valence-corrected chi connectivity index (χ1v) is 7.42. The van der Waals surface area contributed by atoms with E-state index in [1.165, 1.54) is 17.4 Å². The minimum Gasteiger partial charge on any atom is -0.315 e. The Morgan fingerprint density at radius 3 is 2.65 bits per heavy atom. The lowest BCUT2D eigenvalue weighted by Crippen LogP contribution is -2.07. The van der Waals surface area contributed by atoms with E-state index in [1.54, 1.807) is 20.0 Å². The molecule has 0 saturated heterocycles. The van der Waals surface area contributed by atoms with Crippen molar-refractivity contribution < 1.29 is 13.2 Å². The fraction of sp³-hybridized carbons (Fsp3) is 0.308. The van der Waals surface area contributed by atoms with Crippen LogP contribution >= 0.6 is 27.3 Å². The Balaban J connectivity index is 2.55. The maximum Gasteiger partial charge on any atom is 0.417 e. The minimum atomic E-state index is -4.40. The summed E-state index contributed by atoms with van der Waals surface area (Å²) >= 11 is 4.36. The Morgan fingerprint density at radius 2 is 2.05 bits per heavy atom. The van der Waals surface area contributed by atoms with Crippen LogP contribution in [0, 0.1) is 6.92 Å². The summed E-state index contributed by atoms with van der Waals surface area (Å²) in [4.78, 5) is 5.21. The fourth-order valence-electron chi connectivity index (χ4n) is 1.81. The van der Waals surface area contributed by atoms with Crippen molar-refractivity contribution in [2.24, 2.45) is 0 Å². The molecule has 108 valence electrons. The highest BCUT2D eigenvalue weighted by Gasteiger charge is 2.34. The third-order valence-corrected chi connectivity index (χ3v) is 4.43. The first-order chi connectivity index (χ1) is 9.32. The van der Waals surface area contributed by atoms with Gasteiger partial charge >= 0.3 is 6.18 Å². The standard InChI is InChI=1S/C13H12BrF3N2S/c1-7-11(6-18-2)20-12(19-7)9-4-3-8(14)5-10(9)13(15,16)17/h3-5,18H,6H2,1-2H3. The van der Waals surface area contributed by atoms with Gasteiger partial charge in [-0.2, -0.15) is 13.2 Å². The fourth-order valence-corrected chi connectivity index (χ4v) is 3.28. The highest BCUT2D eigenvalue weighted by Crippen LogP contribution is 2.40.